The molecule has 128 valence electrons. The molecule has 0 radical (unpaired) electrons. The number of aromatic nitrogens is 1. The number of rotatable bonds is 3. The van der Waals surface area contributed by atoms with E-state index in [9.17, 15) is 4.79 Å². The van der Waals surface area contributed by atoms with Crippen LogP contribution >= 0.6 is 0 Å². The first-order valence-electron chi connectivity index (χ1n) is 8.45. The summed E-state index contributed by atoms with van der Waals surface area (Å²) in [4.78, 5) is 17.5. The highest BCUT2D eigenvalue weighted by atomic mass is 16.5. The Morgan fingerprint density at radius 2 is 1.64 bits per heavy atom. The fraction of sp³-hybridized carbons (Fsp3) is 0.273. The van der Waals surface area contributed by atoms with E-state index in [2.05, 4.69) is 26.8 Å². The van der Waals surface area contributed by atoms with Crippen molar-refractivity contribution in [1.82, 2.24) is 4.98 Å². The van der Waals surface area contributed by atoms with E-state index < -0.39 is 5.92 Å². The molecule has 1 atom stereocenters. The lowest BCUT2D eigenvalue weighted by atomic mass is 9.84. The third-order valence-electron chi connectivity index (χ3n) is 4.40. The number of carbonyl (C=O) groups excluding carboxylic acids is 1. The lowest BCUT2D eigenvalue weighted by Gasteiger charge is -2.23. The van der Waals surface area contributed by atoms with Gasteiger partial charge in [0.05, 0.1) is 12.6 Å². The number of fused-ring (bicyclic) bond motifs is 1. The summed E-state index contributed by atoms with van der Waals surface area (Å²) in [7, 11) is 1.44. The van der Waals surface area contributed by atoms with Crippen molar-refractivity contribution < 1.29 is 9.53 Å². The molecule has 0 aliphatic rings. The Labute approximate surface area is 148 Å². The molecule has 0 fully saturated rings. The van der Waals surface area contributed by atoms with Crippen LogP contribution in [0, 0.1) is 0 Å². The number of esters is 1. The number of methoxy groups -OCH3 is 1. The first-order chi connectivity index (χ1) is 11.9. The van der Waals surface area contributed by atoms with Crippen LogP contribution in [-0.4, -0.2) is 18.1 Å². The van der Waals surface area contributed by atoms with Gasteiger partial charge in [-0.1, -0.05) is 69.3 Å². The van der Waals surface area contributed by atoms with Gasteiger partial charge in [-0.25, -0.2) is 0 Å². The van der Waals surface area contributed by atoms with Gasteiger partial charge in [-0.05, 0) is 23.3 Å². The van der Waals surface area contributed by atoms with Crippen LogP contribution in [0.25, 0.3) is 10.9 Å². The molecule has 0 saturated heterocycles. The number of pyridine rings is 1. The van der Waals surface area contributed by atoms with Crippen LogP contribution in [-0.2, 0) is 14.9 Å². The van der Waals surface area contributed by atoms with Gasteiger partial charge in [0.1, 0.15) is 5.92 Å². The van der Waals surface area contributed by atoms with Crippen LogP contribution < -0.4 is 0 Å². The topological polar surface area (TPSA) is 39.2 Å². The molecule has 2 aromatic carbocycles. The molecule has 3 aromatic rings. The normalized spacial score (nSPS) is 12.8. The SMILES string of the molecule is COC(=O)C(c1ccccc1)c1cc(C(C)(C)C)nc2ccccc12. The largest absolute Gasteiger partial charge is 0.468 e. The van der Waals surface area contributed by atoms with Crippen molar-refractivity contribution in [3.8, 4) is 0 Å². The van der Waals surface area contributed by atoms with Gasteiger partial charge in [0.25, 0.3) is 0 Å². The van der Waals surface area contributed by atoms with Crippen molar-refractivity contribution in [2.24, 2.45) is 0 Å². The first-order valence-corrected chi connectivity index (χ1v) is 8.45. The third kappa shape index (κ3) is 3.41. The molecule has 1 unspecified atom stereocenters. The highest BCUT2D eigenvalue weighted by Gasteiger charge is 2.28. The Morgan fingerprint density at radius 3 is 2.28 bits per heavy atom. The summed E-state index contributed by atoms with van der Waals surface area (Å²) in [5.41, 5.74) is 3.61. The van der Waals surface area contributed by atoms with E-state index in [0.29, 0.717) is 0 Å². The molecule has 0 aliphatic heterocycles. The van der Waals surface area contributed by atoms with Crippen molar-refractivity contribution in [2.75, 3.05) is 7.11 Å². The molecule has 0 aliphatic carbocycles. The van der Waals surface area contributed by atoms with Crippen molar-refractivity contribution in [3.63, 3.8) is 0 Å². The number of para-hydroxylation sites is 1. The number of hydrogen-bond acceptors (Lipinski definition) is 3. The predicted molar refractivity (Wildman–Crippen MR) is 101 cm³/mol. The summed E-state index contributed by atoms with van der Waals surface area (Å²) in [5, 5.41) is 0.981. The van der Waals surface area contributed by atoms with E-state index in [1.165, 1.54) is 7.11 Å². The highest BCUT2D eigenvalue weighted by Crippen LogP contribution is 2.34. The molecule has 3 rings (SSSR count). The van der Waals surface area contributed by atoms with Crippen LogP contribution in [0.15, 0.2) is 60.7 Å². The minimum absolute atomic E-state index is 0.115. The average Bonchev–Trinajstić information content (AvgIpc) is 2.61. The summed E-state index contributed by atoms with van der Waals surface area (Å²) in [6.07, 6.45) is 0. The Hall–Kier alpha value is -2.68. The smallest absolute Gasteiger partial charge is 0.317 e. The number of carbonyl (C=O) groups is 1. The minimum Gasteiger partial charge on any atom is -0.468 e. The van der Waals surface area contributed by atoms with Gasteiger partial charge >= 0.3 is 5.97 Å². The first kappa shape index (κ1) is 17.2. The Kier molecular flexibility index (Phi) is 4.58. The third-order valence-corrected chi connectivity index (χ3v) is 4.40. The maximum absolute atomic E-state index is 12.7. The van der Waals surface area contributed by atoms with Crippen molar-refractivity contribution in [1.29, 1.82) is 0 Å². The van der Waals surface area contributed by atoms with E-state index in [1.54, 1.807) is 0 Å². The summed E-state index contributed by atoms with van der Waals surface area (Å²) < 4.78 is 5.14. The van der Waals surface area contributed by atoms with Gasteiger partial charge in [-0.3, -0.25) is 9.78 Å². The zero-order chi connectivity index (χ0) is 18.0. The van der Waals surface area contributed by atoms with Crippen LogP contribution in [0.2, 0.25) is 0 Å². The monoisotopic (exact) mass is 333 g/mol. The zero-order valence-corrected chi connectivity index (χ0v) is 15.1. The number of hydrogen-bond donors (Lipinski definition) is 0. The van der Waals surface area contributed by atoms with E-state index >= 15 is 0 Å². The highest BCUT2D eigenvalue weighted by molar-refractivity contribution is 5.91. The molecule has 3 nitrogen and oxygen atoms in total. The lowest BCUT2D eigenvalue weighted by Crippen LogP contribution is -2.19. The summed E-state index contributed by atoms with van der Waals surface area (Å²) in [6.45, 7) is 6.39. The summed E-state index contributed by atoms with van der Waals surface area (Å²) in [6, 6.07) is 19.8. The minimum atomic E-state index is -0.472. The number of benzene rings is 2. The van der Waals surface area contributed by atoms with E-state index in [0.717, 1.165) is 27.7 Å². The van der Waals surface area contributed by atoms with Gasteiger partial charge in [0.2, 0.25) is 0 Å². The molecule has 0 amide bonds. The molecule has 3 heteroatoms. The quantitative estimate of drug-likeness (QED) is 0.644. The molecule has 0 spiro atoms. The fourth-order valence-electron chi connectivity index (χ4n) is 3.03. The van der Waals surface area contributed by atoms with Crippen molar-refractivity contribution in [2.45, 2.75) is 32.1 Å². The maximum Gasteiger partial charge on any atom is 0.317 e. The Morgan fingerprint density at radius 1 is 1.00 bits per heavy atom. The van der Waals surface area contributed by atoms with Gasteiger partial charge in [0, 0.05) is 16.5 Å². The van der Waals surface area contributed by atoms with Crippen LogP contribution in [0.3, 0.4) is 0 Å². The molecular weight excluding hydrogens is 310 g/mol. The van der Waals surface area contributed by atoms with Crippen LogP contribution in [0.1, 0.15) is 43.5 Å². The predicted octanol–water partition coefficient (Wildman–Crippen LogP) is 4.84. The number of ether oxygens (including phenoxy) is 1. The van der Waals surface area contributed by atoms with E-state index in [-0.39, 0.29) is 11.4 Å². The fourth-order valence-corrected chi connectivity index (χ4v) is 3.03. The van der Waals surface area contributed by atoms with Gasteiger partial charge < -0.3 is 4.74 Å². The second-order valence-corrected chi connectivity index (χ2v) is 7.23. The molecular formula is C22H23NO2. The van der Waals surface area contributed by atoms with Crippen LogP contribution in [0.5, 0.6) is 0 Å². The van der Waals surface area contributed by atoms with E-state index in [4.69, 9.17) is 9.72 Å². The molecule has 0 bridgehead atoms. The second-order valence-electron chi connectivity index (χ2n) is 7.23. The molecule has 25 heavy (non-hydrogen) atoms. The van der Waals surface area contributed by atoms with Gasteiger partial charge in [-0.2, -0.15) is 0 Å². The van der Waals surface area contributed by atoms with E-state index in [1.807, 2.05) is 54.6 Å². The Bertz CT molecular complexity index is 895. The standard InChI is InChI=1S/C22H23NO2/c1-22(2,3)19-14-17(16-12-8-9-13-18(16)23-19)20(21(24)25-4)15-10-6-5-7-11-15/h5-14,20H,1-4H3. The molecule has 1 aromatic heterocycles. The lowest BCUT2D eigenvalue weighted by molar-refractivity contribution is -0.141. The van der Waals surface area contributed by atoms with Gasteiger partial charge in [-0.15, -0.1) is 0 Å². The maximum atomic E-state index is 12.7. The van der Waals surface area contributed by atoms with Gasteiger partial charge in [0.15, 0.2) is 0 Å². The molecule has 1 heterocycles. The van der Waals surface area contributed by atoms with Crippen molar-refractivity contribution >= 4 is 16.9 Å². The Balaban J connectivity index is 2.32. The molecule has 0 saturated carbocycles. The number of nitrogens with zero attached hydrogens (tertiary/aromatic N) is 1. The summed E-state index contributed by atoms with van der Waals surface area (Å²) >= 11 is 0. The summed E-state index contributed by atoms with van der Waals surface area (Å²) in [5.74, 6) is -0.734. The average molecular weight is 333 g/mol. The van der Waals surface area contributed by atoms with Crippen molar-refractivity contribution in [3.05, 3.63) is 77.5 Å². The van der Waals surface area contributed by atoms with Crippen LogP contribution in [0.4, 0.5) is 0 Å². The second kappa shape index (κ2) is 6.67. The zero-order valence-electron chi connectivity index (χ0n) is 15.1. The molecule has 0 N–H and O–H groups in total.